The first-order valence-electron chi connectivity index (χ1n) is 13.8. The first-order chi connectivity index (χ1) is 19.6. The molecule has 41 heavy (non-hydrogen) atoms. The summed E-state index contributed by atoms with van der Waals surface area (Å²) in [7, 11) is 0. The van der Waals surface area contributed by atoms with Crippen LogP contribution in [-0.4, -0.2) is 61.7 Å². The van der Waals surface area contributed by atoms with Crippen molar-refractivity contribution in [1.29, 1.82) is 0 Å². The summed E-state index contributed by atoms with van der Waals surface area (Å²) in [6, 6.07) is 2.63. The maximum absolute atomic E-state index is 13.9. The van der Waals surface area contributed by atoms with Gasteiger partial charge in [0.1, 0.15) is 11.3 Å². The number of carbonyl (C=O) groups is 2. The van der Waals surface area contributed by atoms with Crippen LogP contribution in [-0.2, 0) is 9.53 Å². The normalized spacial score (nSPS) is 21.2. The third-order valence-electron chi connectivity index (χ3n) is 7.53. The molecular weight excluding hydrogens is 574 g/mol. The fraction of sp³-hybridized carbons (Fsp3) is 0.519. The van der Waals surface area contributed by atoms with Gasteiger partial charge in [-0.2, -0.15) is 4.98 Å². The van der Waals surface area contributed by atoms with Gasteiger partial charge in [0.2, 0.25) is 17.8 Å². The van der Waals surface area contributed by atoms with Gasteiger partial charge >= 0.3 is 6.09 Å². The second-order valence-electron chi connectivity index (χ2n) is 10.8. The minimum atomic E-state index is -0.624. The number of ether oxygens (including phenoxy) is 1. The van der Waals surface area contributed by atoms with E-state index < -0.39 is 5.82 Å². The van der Waals surface area contributed by atoms with Crippen molar-refractivity contribution in [3.05, 3.63) is 34.2 Å². The smallest absolute Gasteiger partial charge is 0.410 e. The number of piperidine rings is 1. The van der Waals surface area contributed by atoms with E-state index in [-0.39, 0.29) is 46.2 Å². The van der Waals surface area contributed by atoms with E-state index in [1.54, 1.807) is 11.1 Å². The number of hydrogen-bond acceptors (Lipinski definition) is 8. The summed E-state index contributed by atoms with van der Waals surface area (Å²) in [4.78, 5) is 40.0. The molecule has 0 bridgehead atoms. The fourth-order valence-corrected chi connectivity index (χ4v) is 5.84. The summed E-state index contributed by atoms with van der Waals surface area (Å²) >= 11 is 12.4. The maximum Gasteiger partial charge on any atom is 0.410 e. The Morgan fingerprint density at radius 2 is 1.88 bits per heavy atom. The monoisotopic (exact) mass is 606 g/mol. The van der Waals surface area contributed by atoms with E-state index >= 15 is 0 Å². The fourth-order valence-electron chi connectivity index (χ4n) is 5.48. The van der Waals surface area contributed by atoms with E-state index in [2.05, 4.69) is 15.6 Å². The van der Waals surface area contributed by atoms with Gasteiger partial charge in [-0.15, -0.1) is 0 Å². The number of halogens is 3. The third kappa shape index (κ3) is 6.43. The lowest BCUT2D eigenvalue weighted by molar-refractivity contribution is -0.122. The van der Waals surface area contributed by atoms with Crippen molar-refractivity contribution >= 4 is 64.0 Å². The molecule has 3 aromatic rings. The molecule has 1 aliphatic heterocycles. The lowest BCUT2D eigenvalue weighted by Gasteiger charge is -2.33. The van der Waals surface area contributed by atoms with Crippen LogP contribution in [0.2, 0.25) is 10.0 Å². The van der Waals surface area contributed by atoms with Crippen LogP contribution < -0.4 is 16.4 Å². The molecule has 0 spiro atoms. The summed E-state index contributed by atoms with van der Waals surface area (Å²) in [6.07, 6.45) is 5.44. The summed E-state index contributed by atoms with van der Waals surface area (Å²) in [6.45, 7) is 4.76. The first kappa shape index (κ1) is 29.1. The van der Waals surface area contributed by atoms with Gasteiger partial charge in [0.05, 0.1) is 28.0 Å². The topological polar surface area (TPSA) is 140 Å². The molecule has 5 rings (SSSR count). The van der Waals surface area contributed by atoms with Crippen LogP contribution in [0.4, 0.5) is 26.8 Å². The van der Waals surface area contributed by atoms with Crippen molar-refractivity contribution in [3.63, 3.8) is 0 Å². The minimum Gasteiger partial charge on any atom is -0.447 e. The average Bonchev–Trinajstić information content (AvgIpc) is 3.30. The van der Waals surface area contributed by atoms with Crippen molar-refractivity contribution in [1.82, 2.24) is 24.4 Å². The number of hydrogen-bond donors (Lipinski definition) is 3. The molecule has 1 saturated carbocycles. The van der Waals surface area contributed by atoms with Crippen molar-refractivity contribution in [2.75, 3.05) is 23.7 Å². The Morgan fingerprint density at radius 3 is 2.59 bits per heavy atom. The highest BCUT2D eigenvalue weighted by atomic mass is 35.5. The van der Waals surface area contributed by atoms with Crippen molar-refractivity contribution in [2.45, 2.75) is 70.6 Å². The third-order valence-corrected chi connectivity index (χ3v) is 8.39. The Hall–Kier alpha value is -3.38. The predicted molar refractivity (Wildman–Crippen MR) is 155 cm³/mol. The lowest BCUT2D eigenvalue weighted by atomic mass is 9.85. The molecule has 2 aliphatic rings. The number of nitrogens with two attached hydrogens (primary N) is 1. The number of amides is 2. The van der Waals surface area contributed by atoms with Crippen molar-refractivity contribution in [3.8, 4) is 0 Å². The molecule has 1 aliphatic carbocycles. The number of nitrogens with one attached hydrogen (secondary N) is 2. The largest absolute Gasteiger partial charge is 0.447 e. The van der Waals surface area contributed by atoms with Crippen LogP contribution in [0.5, 0.6) is 0 Å². The minimum absolute atomic E-state index is 0.0356. The Bertz CT molecular complexity index is 1440. The van der Waals surface area contributed by atoms with Gasteiger partial charge in [0.15, 0.2) is 5.65 Å². The van der Waals surface area contributed by atoms with Gasteiger partial charge in [0.25, 0.3) is 0 Å². The number of likely N-dealkylation sites (tertiary alicyclic amines) is 1. The molecule has 1 unspecified atom stereocenters. The maximum atomic E-state index is 13.9. The first-order valence-corrected chi connectivity index (χ1v) is 14.5. The predicted octanol–water partition coefficient (Wildman–Crippen LogP) is 5.65. The molecular formula is C27H33Cl2FN8O3. The van der Waals surface area contributed by atoms with Gasteiger partial charge in [-0.25, -0.2) is 19.2 Å². The Kier molecular flexibility index (Phi) is 8.69. The van der Waals surface area contributed by atoms with Crippen LogP contribution in [0.3, 0.4) is 0 Å². The number of carbonyl (C=O) groups excluding carboxylic acids is 2. The second kappa shape index (κ2) is 12.2. The Morgan fingerprint density at radius 1 is 1.12 bits per heavy atom. The Balaban J connectivity index is 1.44. The van der Waals surface area contributed by atoms with E-state index in [1.165, 1.54) is 12.1 Å². The zero-order chi connectivity index (χ0) is 29.3. The van der Waals surface area contributed by atoms with E-state index in [1.807, 2.05) is 18.4 Å². The van der Waals surface area contributed by atoms with Gasteiger partial charge in [-0.05, 0) is 64.5 Å². The molecule has 2 aromatic heterocycles. The highest BCUT2D eigenvalue weighted by Crippen LogP contribution is 2.39. The summed E-state index contributed by atoms with van der Waals surface area (Å²) in [5.74, 6) is -0.244. The van der Waals surface area contributed by atoms with E-state index in [4.69, 9.17) is 43.6 Å². The summed E-state index contributed by atoms with van der Waals surface area (Å²) in [5.41, 5.74) is 7.09. The van der Waals surface area contributed by atoms with E-state index in [0.717, 1.165) is 12.8 Å². The van der Waals surface area contributed by atoms with Crippen molar-refractivity contribution in [2.24, 2.45) is 11.7 Å². The van der Waals surface area contributed by atoms with Crippen LogP contribution in [0, 0.1) is 11.7 Å². The number of anilines is 3. The van der Waals surface area contributed by atoms with Gasteiger partial charge in [-0.3, -0.25) is 9.36 Å². The number of primary amides is 1. The standard InChI is InChI=1S/C27H33Cl2FN8O3/c1-14(2)41-27(40)37-11-3-4-16(13-37)33-25-32-12-20-24(36-25)38(17-7-5-15(6-8-17)23(31)39)26(35-20)34-19-10-9-18(30)21(28)22(19)29/h9-10,12,14-17H,3-8,11,13H2,1-2H3,(H2,31,39)(H,34,35)(H,32,33,36). The number of benzene rings is 1. The average molecular weight is 608 g/mol. The highest BCUT2D eigenvalue weighted by molar-refractivity contribution is 6.43. The second-order valence-corrected chi connectivity index (χ2v) is 11.6. The molecule has 220 valence electrons. The number of fused-ring (bicyclic) bond motifs is 1. The summed E-state index contributed by atoms with van der Waals surface area (Å²) < 4.78 is 21.3. The van der Waals surface area contributed by atoms with Crippen LogP contribution in [0.15, 0.2) is 18.3 Å². The SMILES string of the molecule is CC(C)OC(=O)N1CCCC(Nc2ncc3nc(Nc4ccc(F)c(Cl)c4Cl)n(C4CCC(C(N)=O)CC4)c3n2)C1. The van der Waals surface area contributed by atoms with Crippen LogP contribution >= 0.6 is 23.2 Å². The molecule has 1 saturated heterocycles. The lowest BCUT2D eigenvalue weighted by Crippen LogP contribution is -2.46. The van der Waals surface area contributed by atoms with Crippen LogP contribution in [0.1, 0.15) is 58.4 Å². The molecule has 11 nitrogen and oxygen atoms in total. The van der Waals surface area contributed by atoms with Gasteiger partial charge in [-0.1, -0.05) is 23.2 Å². The van der Waals surface area contributed by atoms with Gasteiger partial charge in [0, 0.05) is 31.1 Å². The quantitative estimate of drug-likeness (QED) is 0.293. The summed E-state index contributed by atoms with van der Waals surface area (Å²) in [5, 5.41) is 6.41. The van der Waals surface area contributed by atoms with E-state index in [0.29, 0.717) is 67.5 Å². The number of nitrogens with zero attached hydrogens (tertiary/aromatic N) is 5. The Labute approximate surface area is 246 Å². The van der Waals surface area contributed by atoms with Gasteiger partial charge < -0.3 is 26.0 Å². The zero-order valence-electron chi connectivity index (χ0n) is 22.9. The molecule has 3 heterocycles. The van der Waals surface area contributed by atoms with E-state index in [9.17, 15) is 14.0 Å². The molecule has 0 radical (unpaired) electrons. The molecule has 1 aromatic carbocycles. The molecule has 4 N–H and O–H groups in total. The highest BCUT2D eigenvalue weighted by Gasteiger charge is 2.30. The molecule has 14 heteroatoms. The van der Waals surface area contributed by atoms with Crippen LogP contribution in [0.25, 0.3) is 11.2 Å². The molecule has 2 amide bonds. The zero-order valence-corrected chi connectivity index (χ0v) is 24.4. The number of imidazole rings is 1. The number of aromatic nitrogens is 4. The molecule has 2 fully saturated rings. The van der Waals surface area contributed by atoms with Crippen molar-refractivity contribution < 1.29 is 18.7 Å². The number of rotatable bonds is 7. The molecule has 1 atom stereocenters.